The molecule has 1 N–H and O–H groups in total. The third-order valence-electron chi connectivity index (χ3n) is 3.76. The summed E-state index contributed by atoms with van der Waals surface area (Å²) in [5, 5.41) is 13.8. The Balaban J connectivity index is 2.14. The Hall–Kier alpha value is -1.50. The van der Waals surface area contributed by atoms with Crippen molar-refractivity contribution in [3.8, 4) is 0 Å². The summed E-state index contributed by atoms with van der Waals surface area (Å²) in [6, 6.07) is -0.208. The number of amides is 1. The van der Waals surface area contributed by atoms with Crippen LogP contribution >= 0.6 is 0 Å². The lowest BCUT2D eigenvalue weighted by molar-refractivity contribution is 0.0537. The first-order valence-corrected chi connectivity index (χ1v) is 6.67. The number of rotatable bonds is 4. The zero-order chi connectivity index (χ0) is 14.9. The molecule has 0 unspecified atom stereocenters. The van der Waals surface area contributed by atoms with Gasteiger partial charge in [-0.3, -0.25) is 9.48 Å². The number of halogens is 2. The molecule has 0 aromatic carbocycles. The lowest BCUT2D eigenvalue weighted by atomic mass is 10.1. The molecular formula is C13H19F2N3O2. The van der Waals surface area contributed by atoms with Crippen LogP contribution < -0.4 is 0 Å². The molecule has 20 heavy (non-hydrogen) atoms. The first-order chi connectivity index (χ1) is 9.40. The van der Waals surface area contributed by atoms with Gasteiger partial charge in [-0.25, -0.2) is 8.78 Å². The van der Waals surface area contributed by atoms with Gasteiger partial charge >= 0.3 is 0 Å². The molecule has 112 valence electrons. The highest BCUT2D eigenvalue weighted by Gasteiger charge is 2.32. The average molecular weight is 287 g/mol. The maximum Gasteiger partial charge on any atom is 0.257 e. The van der Waals surface area contributed by atoms with Crippen molar-refractivity contribution in [1.29, 1.82) is 0 Å². The van der Waals surface area contributed by atoms with Crippen LogP contribution in [0.25, 0.3) is 0 Å². The fourth-order valence-electron chi connectivity index (χ4n) is 2.68. The van der Waals surface area contributed by atoms with E-state index in [-0.39, 0.29) is 11.9 Å². The predicted octanol–water partition coefficient (Wildman–Crippen LogP) is 1.44. The number of carbonyl (C=O) groups excluding carboxylic acids is 1. The minimum atomic E-state index is -2.51. The number of aliphatic hydroxyl groups excluding tert-OH is 1. The van der Waals surface area contributed by atoms with Gasteiger partial charge in [0.05, 0.1) is 23.4 Å². The summed E-state index contributed by atoms with van der Waals surface area (Å²) >= 11 is 0. The van der Waals surface area contributed by atoms with Crippen molar-refractivity contribution in [3.63, 3.8) is 0 Å². The van der Waals surface area contributed by atoms with Gasteiger partial charge in [0.15, 0.2) is 0 Å². The molecule has 0 radical (unpaired) electrons. The molecule has 2 atom stereocenters. The molecule has 0 spiro atoms. The number of hydrogen-bond acceptors (Lipinski definition) is 3. The summed E-state index contributed by atoms with van der Waals surface area (Å²) in [4.78, 5) is 13.9. The maximum atomic E-state index is 12.4. The van der Waals surface area contributed by atoms with Crippen LogP contribution in [0.5, 0.6) is 0 Å². The van der Waals surface area contributed by atoms with E-state index in [4.69, 9.17) is 0 Å². The van der Waals surface area contributed by atoms with Gasteiger partial charge in [0.1, 0.15) is 6.54 Å². The lowest BCUT2D eigenvalue weighted by Crippen LogP contribution is -2.41. The second kappa shape index (κ2) is 5.87. The van der Waals surface area contributed by atoms with Crippen LogP contribution in [-0.4, -0.2) is 51.3 Å². The van der Waals surface area contributed by atoms with Crippen LogP contribution in [0.15, 0.2) is 6.20 Å². The van der Waals surface area contributed by atoms with Gasteiger partial charge in [-0.05, 0) is 26.2 Å². The van der Waals surface area contributed by atoms with Crippen molar-refractivity contribution in [1.82, 2.24) is 14.7 Å². The van der Waals surface area contributed by atoms with Gasteiger partial charge in [0, 0.05) is 13.2 Å². The zero-order valence-electron chi connectivity index (χ0n) is 11.6. The molecule has 0 bridgehead atoms. The monoisotopic (exact) mass is 287 g/mol. The van der Waals surface area contributed by atoms with Gasteiger partial charge in [0.25, 0.3) is 12.3 Å². The first kappa shape index (κ1) is 14.9. The van der Waals surface area contributed by atoms with E-state index in [0.29, 0.717) is 17.7 Å². The molecule has 1 aliphatic rings. The standard InChI is InChI=1S/C13H19F2N3O2/c1-8-9(6-18(16-8)7-12(14)15)13(20)17(2)10-4-3-5-11(10)19/h6,10-12,19H,3-5,7H2,1-2H3/t10-,11-/m1/s1. The fraction of sp³-hybridized carbons (Fsp3) is 0.692. The van der Waals surface area contributed by atoms with Crippen molar-refractivity contribution >= 4 is 5.91 Å². The van der Waals surface area contributed by atoms with E-state index >= 15 is 0 Å². The summed E-state index contributed by atoms with van der Waals surface area (Å²) in [7, 11) is 1.63. The molecule has 1 aromatic rings. The van der Waals surface area contributed by atoms with Crippen molar-refractivity contribution in [2.24, 2.45) is 0 Å². The number of aliphatic hydroxyl groups is 1. The Kier molecular flexibility index (Phi) is 4.37. The molecule has 1 saturated carbocycles. The molecule has 1 fully saturated rings. The van der Waals surface area contributed by atoms with Crippen molar-refractivity contribution in [2.75, 3.05) is 7.05 Å². The average Bonchev–Trinajstić information content (AvgIpc) is 2.93. The van der Waals surface area contributed by atoms with Crippen molar-refractivity contribution in [3.05, 3.63) is 17.5 Å². The van der Waals surface area contributed by atoms with Crippen LogP contribution in [0.2, 0.25) is 0 Å². The van der Waals surface area contributed by atoms with Gasteiger partial charge in [-0.1, -0.05) is 0 Å². The van der Waals surface area contributed by atoms with Gasteiger partial charge in [-0.15, -0.1) is 0 Å². The molecule has 1 aliphatic carbocycles. The third-order valence-corrected chi connectivity index (χ3v) is 3.76. The SMILES string of the molecule is Cc1nn(CC(F)F)cc1C(=O)N(C)[C@@H]1CCC[C@H]1O. The van der Waals surface area contributed by atoms with Gasteiger partial charge in [-0.2, -0.15) is 5.10 Å². The number of likely N-dealkylation sites (N-methyl/N-ethyl adjacent to an activating group) is 1. The Morgan fingerprint density at radius 1 is 1.60 bits per heavy atom. The number of hydrogen-bond donors (Lipinski definition) is 1. The predicted molar refractivity (Wildman–Crippen MR) is 68.7 cm³/mol. The Morgan fingerprint density at radius 3 is 2.85 bits per heavy atom. The van der Waals surface area contributed by atoms with Crippen molar-refractivity contribution < 1.29 is 18.7 Å². The highest BCUT2D eigenvalue weighted by atomic mass is 19.3. The van der Waals surface area contributed by atoms with E-state index < -0.39 is 19.1 Å². The van der Waals surface area contributed by atoms with Crippen molar-refractivity contribution in [2.45, 2.75) is 51.3 Å². The quantitative estimate of drug-likeness (QED) is 0.911. The normalized spacial score (nSPS) is 22.5. The summed E-state index contributed by atoms with van der Waals surface area (Å²) in [6.07, 6.45) is 0.654. The topological polar surface area (TPSA) is 58.4 Å². The van der Waals surface area contributed by atoms with Crippen LogP contribution in [0.3, 0.4) is 0 Å². The second-order valence-corrected chi connectivity index (χ2v) is 5.22. The van der Waals surface area contributed by atoms with Gasteiger partial charge in [0.2, 0.25) is 0 Å². The minimum absolute atomic E-state index is 0.208. The van der Waals surface area contributed by atoms with Crippen LogP contribution in [0.1, 0.15) is 35.3 Å². The Bertz CT molecular complexity index is 490. The number of aromatic nitrogens is 2. The molecular weight excluding hydrogens is 268 g/mol. The van der Waals surface area contributed by atoms with E-state index in [9.17, 15) is 18.7 Å². The number of aryl methyl sites for hydroxylation is 1. The largest absolute Gasteiger partial charge is 0.391 e. The summed E-state index contributed by atoms with van der Waals surface area (Å²) < 4.78 is 25.7. The first-order valence-electron chi connectivity index (χ1n) is 6.67. The van der Waals surface area contributed by atoms with E-state index in [1.165, 1.54) is 11.1 Å². The molecule has 1 amide bonds. The molecule has 5 nitrogen and oxygen atoms in total. The summed E-state index contributed by atoms with van der Waals surface area (Å²) in [5.74, 6) is -0.283. The van der Waals surface area contributed by atoms with Crippen LogP contribution in [0, 0.1) is 6.92 Å². The maximum absolute atomic E-state index is 12.4. The number of alkyl halides is 2. The minimum Gasteiger partial charge on any atom is -0.391 e. The van der Waals surface area contributed by atoms with E-state index in [1.54, 1.807) is 14.0 Å². The molecule has 1 heterocycles. The summed E-state index contributed by atoms with van der Waals surface area (Å²) in [5.41, 5.74) is 0.738. The highest BCUT2D eigenvalue weighted by Crippen LogP contribution is 2.25. The highest BCUT2D eigenvalue weighted by molar-refractivity contribution is 5.95. The van der Waals surface area contributed by atoms with Gasteiger partial charge < -0.3 is 10.0 Å². The smallest absolute Gasteiger partial charge is 0.257 e. The lowest BCUT2D eigenvalue weighted by Gasteiger charge is -2.26. The Labute approximate surface area is 116 Å². The third kappa shape index (κ3) is 2.98. The molecule has 2 rings (SSSR count). The second-order valence-electron chi connectivity index (χ2n) is 5.22. The summed E-state index contributed by atoms with van der Waals surface area (Å²) in [6.45, 7) is 1.10. The molecule has 7 heteroatoms. The van der Waals surface area contributed by atoms with Crippen LogP contribution in [0.4, 0.5) is 8.78 Å². The van der Waals surface area contributed by atoms with E-state index in [1.807, 2.05) is 0 Å². The van der Waals surface area contributed by atoms with E-state index in [2.05, 4.69) is 5.10 Å². The van der Waals surface area contributed by atoms with E-state index in [0.717, 1.165) is 17.5 Å². The molecule has 0 saturated heterocycles. The Morgan fingerprint density at radius 2 is 2.30 bits per heavy atom. The molecule has 0 aliphatic heterocycles. The number of nitrogens with zero attached hydrogens (tertiary/aromatic N) is 3. The molecule has 1 aromatic heterocycles. The zero-order valence-corrected chi connectivity index (χ0v) is 11.6. The fourth-order valence-corrected chi connectivity index (χ4v) is 2.68. The van der Waals surface area contributed by atoms with Crippen LogP contribution in [-0.2, 0) is 6.54 Å². The number of carbonyl (C=O) groups is 1.